The van der Waals surface area contributed by atoms with E-state index in [1.807, 2.05) is 42.2 Å². The summed E-state index contributed by atoms with van der Waals surface area (Å²) < 4.78 is 5.20. The van der Waals surface area contributed by atoms with Crippen LogP contribution in [0.5, 0.6) is 5.75 Å². The van der Waals surface area contributed by atoms with Crippen LogP contribution >= 0.6 is 0 Å². The number of aromatic hydroxyl groups is 1. The van der Waals surface area contributed by atoms with Gasteiger partial charge in [0.05, 0.1) is 18.6 Å². The predicted octanol–water partition coefficient (Wildman–Crippen LogP) is 5.49. The molecular formula is C35H43N3O4. The van der Waals surface area contributed by atoms with Crippen molar-refractivity contribution >= 4 is 11.9 Å². The summed E-state index contributed by atoms with van der Waals surface area (Å²) in [4.78, 5) is 32.7. The molecule has 0 aromatic heterocycles. The zero-order valence-electron chi connectivity index (χ0n) is 25.0. The Hall–Kier alpha value is -3.68. The van der Waals surface area contributed by atoms with Gasteiger partial charge >= 0.3 is 5.97 Å². The molecule has 0 aliphatic carbocycles. The fourth-order valence-corrected chi connectivity index (χ4v) is 6.50. The van der Waals surface area contributed by atoms with Crippen molar-refractivity contribution < 1.29 is 19.4 Å². The lowest BCUT2D eigenvalue weighted by Gasteiger charge is -2.47. The number of piperazine rings is 1. The molecule has 2 fully saturated rings. The third kappa shape index (κ3) is 6.85. The van der Waals surface area contributed by atoms with Gasteiger partial charge < -0.3 is 14.7 Å². The molecule has 5 rings (SSSR count). The number of benzene rings is 3. The van der Waals surface area contributed by atoms with Crippen LogP contribution in [-0.2, 0) is 16.1 Å². The van der Waals surface area contributed by atoms with E-state index in [0.29, 0.717) is 44.1 Å². The average Bonchev–Trinajstić information content (AvgIpc) is 3.00. The van der Waals surface area contributed by atoms with Gasteiger partial charge in [-0.05, 0) is 74.6 Å². The zero-order chi connectivity index (χ0) is 29.6. The number of hydrogen-bond donors (Lipinski definition) is 1. The van der Waals surface area contributed by atoms with Gasteiger partial charge in [-0.15, -0.1) is 0 Å². The van der Waals surface area contributed by atoms with E-state index >= 15 is 0 Å². The van der Waals surface area contributed by atoms with E-state index in [1.165, 1.54) is 5.56 Å². The summed E-state index contributed by atoms with van der Waals surface area (Å²) in [7, 11) is 0. The second kappa shape index (κ2) is 13.5. The minimum atomic E-state index is -0.159. The molecule has 42 heavy (non-hydrogen) atoms. The molecule has 2 aliphatic rings. The summed E-state index contributed by atoms with van der Waals surface area (Å²) in [6.07, 6.45) is 1.25. The Morgan fingerprint density at radius 2 is 1.57 bits per heavy atom. The van der Waals surface area contributed by atoms with Crippen molar-refractivity contribution in [3.05, 3.63) is 101 Å². The highest BCUT2D eigenvalue weighted by atomic mass is 16.5. The average molecular weight is 570 g/mol. The van der Waals surface area contributed by atoms with Crippen LogP contribution in [0, 0.1) is 5.92 Å². The molecule has 0 radical (unpaired) electrons. The molecule has 2 heterocycles. The first kappa shape index (κ1) is 29.8. The number of carbonyl (C=O) groups is 2. The number of rotatable bonds is 8. The number of phenolic OH excluding ortho intramolecular Hbond substituents is 1. The lowest BCUT2D eigenvalue weighted by Crippen LogP contribution is -2.56. The van der Waals surface area contributed by atoms with Gasteiger partial charge in [0.2, 0.25) is 0 Å². The topological polar surface area (TPSA) is 73.3 Å². The zero-order valence-corrected chi connectivity index (χ0v) is 25.0. The van der Waals surface area contributed by atoms with Gasteiger partial charge in [-0.25, -0.2) is 0 Å². The molecule has 222 valence electrons. The first-order valence-corrected chi connectivity index (χ1v) is 15.2. The molecule has 1 amide bonds. The van der Waals surface area contributed by atoms with E-state index in [-0.39, 0.29) is 35.6 Å². The predicted molar refractivity (Wildman–Crippen MR) is 164 cm³/mol. The van der Waals surface area contributed by atoms with Crippen LogP contribution in [0.25, 0.3) is 0 Å². The number of amides is 1. The van der Waals surface area contributed by atoms with E-state index in [0.717, 1.165) is 30.8 Å². The van der Waals surface area contributed by atoms with Crippen molar-refractivity contribution in [1.82, 2.24) is 14.7 Å². The Labute approximate surface area is 249 Å². The Morgan fingerprint density at radius 1 is 0.881 bits per heavy atom. The first-order chi connectivity index (χ1) is 20.3. The minimum absolute atomic E-state index is 0.0112. The Kier molecular flexibility index (Phi) is 9.60. The summed E-state index contributed by atoms with van der Waals surface area (Å²) >= 11 is 0. The lowest BCUT2D eigenvalue weighted by atomic mass is 9.91. The van der Waals surface area contributed by atoms with Crippen LogP contribution in [0.2, 0.25) is 0 Å². The van der Waals surface area contributed by atoms with Crippen LogP contribution in [0.15, 0.2) is 78.9 Å². The van der Waals surface area contributed by atoms with Crippen LogP contribution in [0.3, 0.4) is 0 Å². The van der Waals surface area contributed by atoms with Crippen molar-refractivity contribution in [3.63, 3.8) is 0 Å². The lowest BCUT2D eigenvalue weighted by molar-refractivity contribution is -0.149. The van der Waals surface area contributed by atoms with Gasteiger partial charge in [-0.3, -0.25) is 19.4 Å². The number of carbonyl (C=O) groups excluding carboxylic acids is 2. The molecule has 1 unspecified atom stereocenters. The highest BCUT2D eigenvalue weighted by Crippen LogP contribution is 2.35. The highest BCUT2D eigenvalue weighted by Gasteiger charge is 2.35. The molecule has 2 saturated heterocycles. The van der Waals surface area contributed by atoms with Crippen molar-refractivity contribution in [2.45, 2.75) is 58.3 Å². The molecule has 0 spiro atoms. The molecule has 0 saturated carbocycles. The number of likely N-dealkylation sites (tertiary alicyclic amines) is 1. The van der Waals surface area contributed by atoms with Gasteiger partial charge in [0, 0.05) is 50.4 Å². The van der Waals surface area contributed by atoms with E-state index in [2.05, 4.69) is 66.1 Å². The van der Waals surface area contributed by atoms with E-state index in [1.54, 1.807) is 6.07 Å². The third-order valence-corrected chi connectivity index (χ3v) is 8.76. The molecule has 7 nitrogen and oxygen atoms in total. The van der Waals surface area contributed by atoms with Gasteiger partial charge in [-0.2, -0.15) is 0 Å². The molecule has 1 N–H and O–H groups in total. The maximum atomic E-state index is 13.6. The number of nitrogens with zero attached hydrogens (tertiary/aromatic N) is 3. The Bertz CT molecular complexity index is 1360. The Balaban J connectivity index is 1.37. The number of piperidine rings is 1. The second-order valence-corrected chi connectivity index (χ2v) is 11.8. The van der Waals surface area contributed by atoms with Crippen molar-refractivity contribution in [1.29, 1.82) is 0 Å². The fraction of sp³-hybridized carbons (Fsp3) is 0.429. The molecule has 3 atom stereocenters. The summed E-state index contributed by atoms with van der Waals surface area (Å²) in [5.41, 5.74) is 4.00. The molecule has 7 heteroatoms. The maximum absolute atomic E-state index is 13.6. The van der Waals surface area contributed by atoms with Crippen LogP contribution in [-0.4, -0.2) is 76.6 Å². The van der Waals surface area contributed by atoms with Crippen LogP contribution < -0.4 is 0 Å². The maximum Gasteiger partial charge on any atom is 0.309 e. The molecule has 3 aromatic carbocycles. The van der Waals surface area contributed by atoms with Crippen molar-refractivity contribution in [2.75, 3.05) is 32.8 Å². The number of hydrogen-bond acceptors (Lipinski definition) is 6. The molecular weight excluding hydrogens is 526 g/mol. The third-order valence-electron chi connectivity index (χ3n) is 8.76. The minimum Gasteiger partial charge on any atom is -0.508 e. The van der Waals surface area contributed by atoms with E-state index in [4.69, 9.17) is 4.74 Å². The molecule has 2 aliphatic heterocycles. The number of ether oxygens (including phenoxy) is 1. The van der Waals surface area contributed by atoms with Crippen molar-refractivity contribution in [2.24, 2.45) is 5.92 Å². The number of phenols is 1. The summed E-state index contributed by atoms with van der Waals surface area (Å²) in [5.74, 6) is -0.0761. The fourth-order valence-electron chi connectivity index (χ4n) is 6.50. The van der Waals surface area contributed by atoms with Crippen LogP contribution in [0.4, 0.5) is 0 Å². The van der Waals surface area contributed by atoms with E-state index in [9.17, 15) is 14.7 Å². The second-order valence-electron chi connectivity index (χ2n) is 11.8. The standard InChI is InChI=1S/C35H43N3O4/c1-4-42-35(41)28-16-18-36(19-17-28)34(40)31-14-8-12-29(20-31)33(30-13-9-15-32(39)21-30)38-23-25(2)37(22-26(38)3)24-27-10-6-5-7-11-27/h5-15,20-21,25-26,28,33,39H,4,16-19,22-24H2,1-3H3/t25-,26?,33-/m1/s1. The van der Waals surface area contributed by atoms with Gasteiger partial charge in [0.1, 0.15) is 5.75 Å². The molecule has 0 bridgehead atoms. The number of esters is 1. The largest absolute Gasteiger partial charge is 0.508 e. The SMILES string of the molecule is CCOC(=O)C1CCN(C(=O)c2cccc([C@H](c3cccc(O)c3)N3C[C@@H](C)N(Cc4ccccc4)CC3C)c2)CC1. The normalized spacial score (nSPS) is 21.2. The summed E-state index contributed by atoms with van der Waals surface area (Å²) in [5, 5.41) is 10.4. The first-order valence-electron chi connectivity index (χ1n) is 15.2. The highest BCUT2D eigenvalue weighted by molar-refractivity contribution is 5.94. The smallest absolute Gasteiger partial charge is 0.309 e. The molecule has 3 aromatic rings. The summed E-state index contributed by atoms with van der Waals surface area (Å²) in [6, 6.07) is 26.5. The van der Waals surface area contributed by atoms with Crippen molar-refractivity contribution in [3.8, 4) is 5.75 Å². The van der Waals surface area contributed by atoms with E-state index < -0.39 is 0 Å². The Morgan fingerprint density at radius 3 is 2.26 bits per heavy atom. The van der Waals surface area contributed by atoms with Gasteiger partial charge in [-0.1, -0.05) is 54.6 Å². The van der Waals surface area contributed by atoms with Crippen LogP contribution in [0.1, 0.15) is 66.7 Å². The monoisotopic (exact) mass is 569 g/mol. The van der Waals surface area contributed by atoms with Gasteiger partial charge in [0.25, 0.3) is 5.91 Å². The summed E-state index contributed by atoms with van der Waals surface area (Å²) in [6.45, 7) is 10.5. The van der Waals surface area contributed by atoms with Gasteiger partial charge in [0.15, 0.2) is 0 Å². The quantitative estimate of drug-likeness (QED) is 0.362.